The fourth-order valence-corrected chi connectivity index (χ4v) is 1.70. The Hall–Kier alpha value is -1.72. The summed E-state index contributed by atoms with van der Waals surface area (Å²) in [5.74, 6) is 0.979. The lowest BCUT2D eigenvalue weighted by atomic mass is 10.2. The highest BCUT2D eigenvalue weighted by Gasteiger charge is 2.22. The van der Waals surface area contributed by atoms with Crippen molar-refractivity contribution >= 4 is 11.9 Å². The summed E-state index contributed by atoms with van der Waals surface area (Å²) >= 11 is 0. The highest BCUT2D eigenvalue weighted by molar-refractivity contribution is 5.68. The predicted molar refractivity (Wildman–Crippen MR) is 63.9 cm³/mol. The molecule has 0 spiro atoms. The van der Waals surface area contributed by atoms with Crippen molar-refractivity contribution in [3.63, 3.8) is 0 Å². The first kappa shape index (κ1) is 11.8. The fraction of sp³-hybridized carbons (Fsp3) is 0.636. The molecule has 1 aromatic heterocycles. The van der Waals surface area contributed by atoms with Crippen LogP contribution < -0.4 is 10.6 Å². The van der Waals surface area contributed by atoms with E-state index < -0.39 is 5.60 Å². The Balaban J connectivity index is 1.88. The molecule has 1 aliphatic heterocycles. The zero-order valence-corrected chi connectivity index (χ0v) is 10.4. The average Bonchev–Trinajstić information content (AvgIpc) is 2.61. The number of amides is 1. The summed E-state index contributed by atoms with van der Waals surface area (Å²) in [5.41, 5.74) is -0.469. The SMILES string of the molecule is CC(C)(C)OC(=O)NC1CNc2ccnn2C1. The van der Waals surface area contributed by atoms with Gasteiger partial charge in [-0.25, -0.2) is 9.48 Å². The Kier molecular flexibility index (Phi) is 2.95. The van der Waals surface area contributed by atoms with E-state index in [9.17, 15) is 4.79 Å². The minimum Gasteiger partial charge on any atom is -0.444 e. The van der Waals surface area contributed by atoms with Crippen molar-refractivity contribution in [2.45, 2.75) is 39.0 Å². The summed E-state index contributed by atoms with van der Waals surface area (Å²) < 4.78 is 7.03. The molecule has 0 aliphatic carbocycles. The van der Waals surface area contributed by atoms with Crippen molar-refractivity contribution in [3.8, 4) is 0 Å². The van der Waals surface area contributed by atoms with E-state index in [1.165, 1.54) is 0 Å². The number of carbonyl (C=O) groups is 1. The van der Waals surface area contributed by atoms with Gasteiger partial charge >= 0.3 is 6.09 Å². The molecule has 0 aromatic carbocycles. The lowest BCUT2D eigenvalue weighted by Crippen LogP contribution is -2.47. The number of fused-ring (bicyclic) bond motifs is 1. The van der Waals surface area contributed by atoms with Gasteiger partial charge in [-0.15, -0.1) is 0 Å². The molecule has 0 fully saturated rings. The van der Waals surface area contributed by atoms with Gasteiger partial charge in [0.15, 0.2) is 0 Å². The van der Waals surface area contributed by atoms with Gasteiger partial charge in [0.05, 0.1) is 18.8 Å². The first-order valence-electron chi connectivity index (χ1n) is 5.69. The van der Waals surface area contributed by atoms with Crippen molar-refractivity contribution in [1.29, 1.82) is 0 Å². The summed E-state index contributed by atoms with van der Waals surface area (Å²) in [6.07, 6.45) is 1.35. The quantitative estimate of drug-likeness (QED) is 0.771. The molecular formula is C11H18N4O2. The molecule has 6 nitrogen and oxygen atoms in total. The van der Waals surface area contributed by atoms with Crippen molar-refractivity contribution in [2.24, 2.45) is 0 Å². The normalized spacial score (nSPS) is 19.1. The number of anilines is 1. The topological polar surface area (TPSA) is 68.2 Å². The number of nitrogens with one attached hydrogen (secondary N) is 2. The Bertz CT molecular complexity index is 408. The van der Waals surface area contributed by atoms with Gasteiger partial charge in [-0.1, -0.05) is 0 Å². The Morgan fingerprint density at radius 2 is 2.41 bits per heavy atom. The van der Waals surface area contributed by atoms with E-state index in [-0.39, 0.29) is 12.1 Å². The number of alkyl carbamates (subject to hydrolysis) is 1. The van der Waals surface area contributed by atoms with Crippen molar-refractivity contribution in [1.82, 2.24) is 15.1 Å². The fourth-order valence-electron chi connectivity index (χ4n) is 1.70. The minimum atomic E-state index is -0.469. The Morgan fingerprint density at radius 3 is 3.12 bits per heavy atom. The average molecular weight is 238 g/mol. The van der Waals surface area contributed by atoms with Crippen LogP contribution in [0, 0.1) is 0 Å². The van der Waals surface area contributed by atoms with Crippen molar-refractivity contribution in [3.05, 3.63) is 12.3 Å². The second-order valence-corrected chi connectivity index (χ2v) is 5.12. The molecule has 0 saturated carbocycles. The van der Waals surface area contributed by atoms with Crippen LogP contribution in [0.25, 0.3) is 0 Å². The van der Waals surface area contributed by atoms with E-state index in [1.807, 2.05) is 31.5 Å². The largest absolute Gasteiger partial charge is 0.444 e. The van der Waals surface area contributed by atoms with Crippen LogP contribution in [0.3, 0.4) is 0 Å². The third-order valence-corrected chi connectivity index (χ3v) is 2.36. The second-order valence-electron chi connectivity index (χ2n) is 5.12. The smallest absolute Gasteiger partial charge is 0.407 e. The van der Waals surface area contributed by atoms with Gasteiger partial charge < -0.3 is 15.4 Å². The van der Waals surface area contributed by atoms with Crippen LogP contribution in [0.5, 0.6) is 0 Å². The molecule has 1 aliphatic rings. The van der Waals surface area contributed by atoms with Gasteiger partial charge in [0.25, 0.3) is 0 Å². The third-order valence-electron chi connectivity index (χ3n) is 2.36. The maximum Gasteiger partial charge on any atom is 0.407 e. The number of rotatable bonds is 1. The lowest BCUT2D eigenvalue weighted by Gasteiger charge is -2.27. The molecule has 0 saturated heterocycles. The van der Waals surface area contributed by atoms with Crippen molar-refractivity contribution in [2.75, 3.05) is 11.9 Å². The Morgan fingerprint density at radius 1 is 1.65 bits per heavy atom. The molecule has 1 amide bonds. The van der Waals surface area contributed by atoms with E-state index in [4.69, 9.17) is 4.74 Å². The zero-order valence-electron chi connectivity index (χ0n) is 10.4. The number of nitrogens with zero attached hydrogens (tertiary/aromatic N) is 2. The first-order chi connectivity index (χ1) is 7.94. The summed E-state index contributed by atoms with van der Waals surface area (Å²) in [4.78, 5) is 11.6. The standard InChI is InChI=1S/C11H18N4O2/c1-11(2,3)17-10(16)14-8-6-12-9-4-5-13-15(9)7-8/h4-5,8,12H,6-7H2,1-3H3,(H,14,16). The van der Waals surface area contributed by atoms with Gasteiger partial charge in [-0.3, -0.25) is 0 Å². The second kappa shape index (κ2) is 4.27. The van der Waals surface area contributed by atoms with Gasteiger partial charge in [-0.2, -0.15) is 5.10 Å². The molecule has 0 bridgehead atoms. The number of aromatic nitrogens is 2. The molecule has 2 N–H and O–H groups in total. The number of carbonyl (C=O) groups excluding carboxylic acids is 1. The first-order valence-corrected chi connectivity index (χ1v) is 5.69. The molecule has 2 heterocycles. The van der Waals surface area contributed by atoms with Crippen molar-refractivity contribution < 1.29 is 9.53 Å². The highest BCUT2D eigenvalue weighted by atomic mass is 16.6. The van der Waals surface area contributed by atoms with Crippen LogP contribution in [-0.2, 0) is 11.3 Å². The molecule has 2 rings (SSSR count). The van der Waals surface area contributed by atoms with Crippen LogP contribution in [0.4, 0.5) is 10.6 Å². The maximum absolute atomic E-state index is 11.6. The monoisotopic (exact) mass is 238 g/mol. The van der Waals surface area contributed by atoms with Crippen LogP contribution in [0.15, 0.2) is 12.3 Å². The van der Waals surface area contributed by atoms with Crippen LogP contribution >= 0.6 is 0 Å². The van der Waals surface area contributed by atoms with E-state index in [0.29, 0.717) is 13.1 Å². The molecule has 1 aromatic rings. The molecule has 0 radical (unpaired) electrons. The molecular weight excluding hydrogens is 220 g/mol. The number of ether oxygens (including phenoxy) is 1. The summed E-state index contributed by atoms with van der Waals surface area (Å²) in [6.45, 7) is 6.88. The van der Waals surface area contributed by atoms with Crippen LogP contribution in [-0.4, -0.2) is 34.1 Å². The van der Waals surface area contributed by atoms with Crippen LogP contribution in [0.1, 0.15) is 20.8 Å². The van der Waals surface area contributed by atoms with E-state index >= 15 is 0 Å². The molecule has 94 valence electrons. The maximum atomic E-state index is 11.6. The predicted octanol–water partition coefficient (Wildman–Crippen LogP) is 1.20. The van der Waals surface area contributed by atoms with Gasteiger partial charge in [0.2, 0.25) is 0 Å². The van der Waals surface area contributed by atoms with Gasteiger partial charge in [0, 0.05) is 12.6 Å². The van der Waals surface area contributed by atoms with Crippen LogP contribution in [0.2, 0.25) is 0 Å². The molecule has 17 heavy (non-hydrogen) atoms. The van der Waals surface area contributed by atoms with E-state index in [2.05, 4.69) is 15.7 Å². The summed E-state index contributed by atoms with van der Waals surface area (Å²) in [5, 5.41) is 10.2. The lowest BCUT2D eigenvalue weighted by molar-refractivity contribution is 0.0500. The zero-order chi connectivity index (χ0) is 12.5. The molecule has 1 unspecified atom stereocenters. The number of hydrogen-bond donors (Lipinski definition) is 2. The van der Waals surface area contributed by atoms with Gasteiger partial charge in [0.1, 0.15) is 11.4 Å². The molecule has 6 heteroatoms. The minimum absolute atomic E-state index is 0.00255. The number of hydrogen-bond acceptors (Lipinski definition) is 4. The van der Waals surface area contributed by atoms with E-state index in [0.717, 1.165) is 5.82 Å². The Labute approximate surface area is 100 Å². The third kappa shape index (κ3) is 3.12. The van der Waals surface area contributed by atoms with E-state index in [1.54, 1.807) is 6.20 Å². The summed E-state index contributed by atoms with van der Waals surface area (Å²) in [6, 6.07) is 1.90. The molecule has 1 atom stereocenters. The summed E-state index contributed by atoms with van der Waals surface area (Å²) in [7, 11) is 0. The highest BCUT2D eigenvalue weighted by Crippen LogP contribution is 2.13. The van der Waals surface area contributed by atoms with Gasteiger partial charge in [-0.05, 0) is 20.8 Å².